The Morgan fingerprint density at radius 2 is 1.52 bits per heavy atom. The van der Waals surface area contributed by atoms with Crippen LogP contribution < -0.4 is 9.64 Å². The maximum Gasteiger partial charge on any atom is 0.142 e. The predicted molar refractivity (Wildman–Crippen MR) is 104 cm³/mol. The second-order valence-corrected chi connectivity index (χ2v) is 6.29. The van der Waals surface area contributed by atoms with Crippen LogP contribution in [-0.2, 0) is 0 Å². The van der Waals surface area contributed by atoms with Crippen LogP contribution in [0, 0.1) is 0 Å². The first-order valence-corrected chi connectivity index (χ1v) is 8.55. The summed E-state index contributed by atoms with van der Waals surface area (Å²) in [6, 6.07) is 18.2. The lowest BCUT2D eigenvalue weighted by molar-refractivity contribution is 0.0545. The van der Waals surface area contributed by atoms with Gasteiger partial charge in [-0.25, -0.2) is 0 Å². The van der Waals surface area contributed by atoms with Gasteiger partial charge in [-0.15, -0.1) is 0 Å². The number of hydrogen-bond acceptors (Lipinski definition) is 4. The summed E-state index contributed by atoms with van der Waals surface area (Å²) in [6.07, 6.45) is -0.455. The zero-order valence-electron chi connectivity index (χ0n) is 14.4. The highest BCUT2D eigenvalue weighted by Crippen LogP contribution is 2.29. The lowest BCUT2D eigenvalue weighted by Crippen LogP contribution is -2.51. The molecule has 0 spiro atoms. The molecule has 0 bridgehead atoms. The molecule has 136 valence electrons. The fourth-order valence-corrected chi connectivity index (χ4v) is 3.39. The van der Waals surface area contributed by atoms with Crippen LogP contribution in [0.4, 0.5) is 5.69 Å². The molecule has 0 amide bonds. The second-order valence-electron chi connectivity index (χ2n) is 6.29. The summed E-state index contributed by atoms with van der Waals surface area (Å²) in [5.74, 6) is 0.920. The van der Waals surface area contributed by atoms with E-state index >= 15 is 0 Å². The minimum Gasteiger partial charge on any atom is -0.495 e. The highest BCUT2D eigenvalue weighted by molar-refractivity contribution is 5.58. The van der Waals surface area contributed by atoms with Crippen molar-refractivity contribution < 1.29 is 9.84 Å². The molecule has 4 heteroatoms. The molecule has 1 saturated heterocycles. The summed E-state index contributed by atoms with van der Waals surface area (Å²) in [4.78, 5) is 4.72. The van der Waals surface area contributed by atoms with Crippen molar-refractivity contribution in [3.05, 3.63) is 60.2 Å². The normalized spacial score (nSPS) is 17.5. The van der Waals surface area contributed by atoms with E-state index in [1.165, 1.54) is 0 Å². The largest absolute Gasteiger partial charge is 0.495 e. The smallest absolute Gasteiger partial charge is 0.142 e. The highest BCUT2D eigenvalue weighted by Gasteiger charge is 2.27. The molecule has 2 aromatic carbocycles. The highest BCUT2D eigenvalue weighted by atomic mass is 16.5. The van der Waals surface area contributed by atoms with Crippen LogP contribution in [0.25, 0.3) is 0 Å². The van der Waals surface area contributed by atoms with Crippen LogP contribution in [0.2, 0.25) is 0 Å². The molecule has 2 atom stereocenters. The predicted octanol–water partition coefficient (Wildman–Crippen LogP) is 3.58. The van der Waals surface area contributed by atoms with E-state index in [2.05, 4.69) is 22.8 Å². The van der Waals surface area contributed by atoms with E-state index in [1.54, 1.807) is 7.11 Å². The van der Waals surface area contributed by atoms with Gasteiger partial charge in [0.25, 0.3) is 0 Å². The average Bonchev–Trinajstić information content (AvgIpc) is 2.67. The van der Waals surface area contributed by atoms with E-state index in [1.807, 2.05) is 48.5 Å². The average molecular weight is 342 g/mol. The van der Waals surface area contributed by atoms with Crippen molar-refractivity contribution in [2.45, 2.75) is 26.5 Å². The first-order chi connectivity index (χ1) is 11.7. The Bertz CT molecular complexity index is 639. The number of aliphatic hydroxyl groups excluding tert-OH is 1. The van der Waals surface area contributed by atoms with E-state index in [9.17, 15) is 5.11 Å². The van der Waals surface area contributed by atoms with Crippen LogP contribution in [0.15, 0.2) is 54.6 Å². The molecular formula is C21H30N2O2. The van der Waals surface area contributed by atoms with Crippen molar-refractivity contribution in [1.82, 2.24) is 4.90 Å². The van der Waals surface area contributed by atoms with E-state index in [-0.39, 0.29) is 13.5 Å². The fourth-order valence-electron chi connectivity index (χ4n) is 3.39. The van der Waals surface area contributed by atoms with Crippen molar-refractivity contribution >= 4 is 5.69 Å². The van der Waals surface area contributed by atoms with Gasteiger partial charge in [0.05, 0.1) is 18.9 Å². The number of rotatable bonds is 5. The summed E-state index contributed by atoms with van der Waals surface area (Å²) in [6.45, 7) is 5.85. The molecule has 1 aliphatic rings. The van der Waals surface area contributed by atoms with Crippen LogP contribution in [-0.4, -0.2) is 49.3 Å². The molecular weight excluding hydrogens is 312 g/mol. The Morgan fingerprint density at radius 3 is 2.16 bits per heavy atom. The molecule has 25 heavy (non-hydrogen) atoms. The number of para-hydroxylation sites is 2. The summed E-state index contributed by atoms with van der Waals surface area (Å²) >= 11 is 0. The second kappa shape index (κ2) is 8.88. The van der Waals surface area contributed by atoms with Gasteiger partial charge in [-0.2, -0.15) is 0 Å². The Labute approximate surface area is 151 Å². The lowest BCUT2D eigenvalue weighted by atomic mass is 10.0. The topological polar surface area (TPSA) is 35.9 Å². The Kier molecular flexibility index (Phi) is 6.85. The van der Waals surface area contributed by atoms with E-state index in [4.69, 9.17) is 4.74 Å². The first kappa shape index (κ1) is 19.3. The van der Waals surface area contributed by atoms with Gasteiger partial charge in [0.15, 0.2) is 0 Å². The molecule has 1 N–H and O–H groups in total. The lowest BCUT2D eigenvalue weighted by Gasteiger charge is -2.40. The molecule has 1 heterocycles. The number of aliphatic hydroxyl groups is 1. The van der Waals surface area contributed by atoms with Crippen molar-refractivity contribution in [1.29, 1.82) is 0 Å². The fraction of sp³-hybridized carbons (Fsp3) is 0.429. The van der Waals surface area contributed by atoms with Gasteiger partial charge in [-0.05, 0) is 24.6 Å². The van der Waals surface area contributed by atoms with Crippen LogP contribution in [0.5, 0.6) is 5.75 Å². The third kappa shape index (κ3) is 4.33. The van der Waals surface area contributed by atoms with Gasteiger partial charge in [-0.1, -0.05) is 49.9 Å². The Hall–Kier alpha value is -2.04. The van der Waals surface area contributed by atoms with Crippen molar-refractivity contribution in [2.75, 3.05) is 38.2 Å². The van der Waals surface area contributed by atoms with E-state index in [0.717, 1.165) is 43.2 Å². The SMILES string of the molecule is C.COc1ccccc1N1CCN([C@H](C)[C@H](O)c2ccccc2)CC1. The monoisotopic (exact) mass is 342 g/mol. The summed E-state index contributed by atoms with van der Waals surface area (Å²) < 4.78 is 5.47. The number of piperazine rings is 1. The number of ether oxygens (including phenoxy) is 1. The minimum absolute atomic E-state index is 0. The molecule has 0 aliphatic carbocycles. The van der Waals surface area contributed by atoms with E-state index < -0.39 is 6.10 Å². The number of methoxy groups -OCH3 is 1. The third-order valence-corrected chi connectivity index (χ3v) is 4.91. The molecule has 3 rings (SSSR count). The van der Waals surface area contributed by atoms with Crippen molar-refractivity contribution in [3.8, 4) is 5.75 Å². The Morgan fingerprint density at radius 1 is 0.920 bits per heavy atom. The first-order valence-electron chi connectivity index (χ1n) is 8.55. The molecule has 0 aromatic heterocycles. The van der Waals surface area contributed by atoms with Gasteiger partial charge in [0.2, 0.25) is 0 Å². The molecule has 1 aliphatic heterocycles. The van der Waals surface area contributed by atoms with Gasteiger partial charge in [-0.3, -0.25) is 4.90 Å². The summed E-state index contributed by atoms with van der Waals surface area (Å²) in [5, 5.41) is 10.6. The zero-order chi connectivity index (χ0) is 16.9. The standard InChI is InChI=1S/C20H26N2O2.CH4/c1-16(20(23)17-8-4-3-5-9-17)21-12-14-22(15-13-21)18-10-6-7-11-19(18)24-2;/h3-11,16,20,23H,12-15H2,1-2H3;1H4/t16-,20+;/m1./s1. The summed E-state index contributed by atoms with van der Waals surface area (Å²) in [5.41, 5.74) is 2.13. The minimum atomic E-state index is -0.455. The number of benzene rings is 2. The third-order valence-electron chi connectivity index (χ3n) is 4.91. The zero-order valence-corrected chi connectivity index (χ0v) is 14.4. The number of anilines is 1. The van der Waals surface area contributed by atoms with Gasteiger partial charge in [0.1, 0.15) is 5.75 Å². The van der Waals surface area contributed by atoms with Crippen LogP contribution >= 0.6 is 0 Å². The van der Waals surface area contributed by atoms with Gasteiger partial charge in [0, 0.05) is 32.2 Å². The molecule has 2 aromatic rings. The van der Waals surface area contributed by atoms with Crippen molar-refractivity contribution in [3.63, 3.8) is 0 Å². The molecule has 0 radical (unpaired) electrons. The molecule has 0 unspecified atom stereocenters. The molecule has 1 fully saturated rings. The number of nitrogens with zero attached hydrogens (tertiary/aromatic N) is 2. The Balaban J connectivity index is 0.00000225. The molecule has 4 nitrogen and oxygen atoms in total. The maximum atomic E-state index is 10.6. The number of hydrogen-bond donors (Lipinski definition) is 1. The maximum absolute atomic E-state index is 10.6. The van der Waals surface area contributed by atoms with Crippen molar-refractivity contribution in [2.24, 2.45) is 0 Å². The summed E-state index contributed by atoms with van der Waals surface area (Å²) in [7, 11) is 1.72. The quantitative estimate of drug-likeness (QED) is 0.901. The van der Waals surface area contributed by atoms with Gasteiger partial charge >= 0.3 is 0 Å². The van der Waals surface area contributed by atoms with Crippen LogP contribution in [0.3, 0.4) is 0 Å². The van der Waals surface area contributed by atoms with E-state index in [0.29, 0.717) is 0 Å². The van der Waals surface area contributed by atoms with Crippen LogP contribution in [0.1, 0.15) is 26.0 Å². The molecule has 0 saturated carbocycles. The van der Waals surface area contributed by atoms with Gasteiger partial charge < -0.3 is 14.7 Å².